The van der Waals surface area contributed by atoms with Gasteiger partial charge in [0.2, 0.25) is 5.91 Å². The van der Waals surface area contributed by atoms with E-state index in [4.69, 9.17) is 0 Å². The molecule has 0 saturated carbocycles. The number of likely N-dealkylation sites (tertiary alicyclic amines) is 1. The van der Waals surface area contributed by atoms with E-state index >= 15 is 0 Å². The quantitative estimate of drug-likeness (QED) is 0.919. The van der Waals surface area contributed by atoms with Crippen LogP contribution in [0.4, 0.5) is 0 Å². The van der Waals surface area contributed by atoms with Gasteiger partial charge >= 0.3 is 0 Å². The topological polar surface area (TPSA) is 49.6 Å². The third kappa shape index (κ3) is 4.10. The monoisotopic (exact) mass is 314 g/mol. The zero-order valence-corrected chi connectivity index (χ0v) is 14.1. The SMILES string of the molecule is Cc1cccn2cc(CC(=O)NCCN3CCC[C@@H](C)C3)nc12. The first-order valence-corrected chi connectivity index (χ1v) is 8.54. The van der Waals surface area contributed by atoms with Gasteiger partial charge in [-0.2, -0.15) is 0 Å². The van der Waals surface area contributed by atoms with E-state index in [1.165, 1.54) is 12.8 Å². The molecule has 0 unspecified atom stereocenters. The van der Waals surface area contributed by atoms with E-state index in [0.29, 0.717) is 6.42 Å². The summed E-state index contributed by atoms with van der Waals surface area (Å²) in [6, 6.07) is 4.03. The van der Waals surface area contributed by atoms with E-state index in [-0.39, 0.29) is 5.91 Å². The zero-order chi connectivity index (χ0) is 16.2. The standard InChI is InChI=1S/C18H26N4O/c1-14-5-3-8-21(12-14)10-7-19-17(23)11-16-13-22-9-4-6-15(2)18(22)20-16/h4,6,9,13-14H,3,5,7-8,10-12H2,1-2H3,(H,19,23)/t14-/m1/s1. The fourth-order valence-corrected chi connectivity index (χ4v) is 3.36. The Bertz CT molecular complexity index is 679. The molecule has 0 bridgehead atoms. The second-order valence-electron chi connectivity index (χ2n) is 6.73. The molecule has 124 valence electrons. The lowest BCUT2D eigenvalue weighted by molar-refractivity contribution is -0.120. The van der Waals surface area contributed by atoms with Crippen molar-refractivity contribution in [2.24, 2.45) is 5.92 Å². The molecule has 1 saturated heterocycles. The molecule has 1 aliphatic heterocycles. The maximum absolute atomic E-state index is 12.1. The van der Waals surface area contributed by atoms with Crippen LogP contribution in [0, 0.1) is 12.8 Å². The number of rotatable bonds is 5. The molecule has 1 atom stereocenters. The van der Waals surface area contributed by atoms with Crippen LogP contribution in [-0.4, -0.2) is 46.4 Å². The van der Waals surface area contributed by atoms with Crippen LogP contribution in [0.3, 0.4) is 0 Å². The predicted octanol–water partition coefficient (Wildman–Crippen LogP) is 2.03. The van der Waals surface area contributed by atoms with Gasteiger partial charge in [0.05, 0.1) is 12.1 Å². The molecule has 3 heterocycles. The normalized spacial score (nSPS) is 19.1. The summed E-state index contributed by atoms with van der Waals surface area (Å²) in [6.45, 7) is 8.31. The summed E-state index contributed by atoms with van der Waals surface area (Å²) in [5, 5.41) is 3.02. The molecular formula is C18H26N4O. The average molecular weight is 314 g/mol. The molecule has 1 amide bonds. The Hall–Kier alpha value is -1.88. The first-order valence-electron chi connectivity index (χ1n) is 8.54. The number of aromatic nitrogens is 2. The summed E-state index contributed by atoms with van der Waals surface area (Å²) in [6.07, 6.45) is 6.85. The fraction of sp³-hybridized carbons (Fsp3) is 0.556. The second kappa shape index (κ2) is 7.13. The van der Waals surface area contributed by atoms with Gasteiger partial charge in [0.1, 0.15) is 5.65 Å². The molecule has 0 spiro atoms. The number of pyridine rings is 1. The van der Waals surface area contributed by atoms with Crippen LogP contribution in [0.1, 0.15) is 31.0 Å². The molecular weight excluding hydrogens is 288 g/mol. The highest BCUT2D eigenvalue weighted by atomic mass is 16.1. The van der Waals surface area contributed by atoms with Gasteiger partial charge in [-0.1, -0.05) is 13.0 Å². The number of fused-ring (bicyclic) bond motifs is 1. The van der Waals surface area contributed by atoms with E-state index in [0.717, 1.165) is 49.0 Å². The molecule has 0 aliphatic carbocycles. The lowest BCUT2D eigenvalue weighted by Gasteiger charge is -2.30. The van der Waals surface area contributed by atoms with Crippen molar-refractivity contribution in [3.05, 3.63) is 35.8 Å². The highest BCUT2D eigenvalue weighted by Crippen LogP contribution is 2.14. The summed E-state index contributed by atoms with van der Waals surface area (Å²) in [4.78, 5) is 19.1. The van der Waals surface area contributed by atoms with Crippen molar-refractivity contribution in [2.45, 2.75) is 33.1 Å². The Morgan fingerprint density at radius 3 is 3.13 bits per heavy atom. The number of hydrogen-bond acceptors (Lipinski definition) is 3. The maximum Gasteiger partial charge on any atom is 0.226 e. The van der Waals surface area contributed by atoms with Gasteiger partial charge in [0.25, 0.3) is 0 Å². The van der Waals surface area contributed by atoms with Gasteiger partial charge in [0, 0.05) is 32.0 Å². The Labute approximate surface area is 137 Å². The van der Waals surface area contributed by atoms with Crippen LogP contribution < -0.4 is 5.32 Å². The Morgan fingerprint density at radius 1 is 1.48 bits per heavy atom. The number of carbonyl (C=O) groups is 1. The third-order valence-electron chi connectivity index (χ3n) is 4.56. The number of piperidine rings is 1. The molecule has 1 fully saturated rings. The molecule has 2 aromatic heterocycles. The summed E-state index contributed by atoms with van der Waals surface area (Å²) in [5.74, 6) is 0.830. The summed E-state index contributed by atoms with van der Waals surface area (Å²) >= 11 is 0. The minimum atomic E-state index is 0.0520. The van der Waals surface area contributed by atoms with Gasteiger partial charge in [-0.25, -0.2) is 4.98 Å². The van der Waals surface area contributed by atoms with Crippen molar-refractivity contribution in [1.82, 2.24) is 19.6 Å². The van der Waals surface area contributed by atoms with E-state index in [1.807, 2.05) is 35.9 Å². The van der Waals surface area contributed by atoms with Crippen LogP contribution in [-0.2, 0) is 11.2 Å². The molecule has 0 aromatic carbocycles. The molecule has 3 rings (SSSR count). The van der Waals surface area contributed by atoms with E-state index in [2.05, 4.69) is 22.1 Å². The van der Waals surface area contributed by atoms with Gasteiger partial charge in [-0.15, -0.1) is 0 Å². The second-order valence-corrected chi connectivity index (χ2v) is 6.73. The number of imidazole rings is 1. The maximum atomic E-state index is 12.1. The van der Waals surface area contributed by atoms with Crippen LogP contribution >= 0.6 is 0 Å². The Balaban J connectivity index is 1.47. The molecule has 5 heteroatoms. The van der Waals surface area contributed by atoms with Crippen molar-refractivity contribution in [3.63, 3.8) is 0 Å². The number of nitrogens with one attached hydrogen (secondary N) is 1. The van der Waals surface area contributed by atoms with Crippen LogP contribution in [0.25, 0.3) is 5.65 Å². The minimum absolute atomic E-state index is 0.0520. The molecule has 1 aliphatic rings. The van der Waals surface area contributed by atoms with Crippen molar-refractivity contribution in [1.29, 1.82) is 0 Å². The van der Waals surface area contributed by atoms with Crippen LogP contribution in [0.5, 0.6) is 0 Å². The van der Waals surface area contributed by atoms with Crippen molar-refractivity contribution < 1.29 is 4.79 Å². The number of aryl methyl sites for hydroxylation is 1. The Kier molecular flexibility index (Phi) is 4.96. The minimum Gasteiger partial charge on any atom is -0.354 e. The number of carbonyl (C=O) groups excluding carboxylic acids is 1. The van der Waals surface area contributed by atoms with Crippen molar-refractivity contribution >= 4 is 11.6 Å². The molecule has 2 aromatic rings. The largest absolute Gasteiger partial charge is 0.354 e. The lowest BCUT2D eigenvalue weighted by atomic mass is 10.0. The average Bonchev–Trinajstić information content (AvgIpc) is 2.91. The van der Waals surface area contributed by atoms with E-state index in [1.54, 1.807) is 0 Å². The van der Waals surface area contributed by atoms with Crippen LogP contribution in [0.15, 0.2) is 24.5 Å². The molecule has 0 radical (unpaired) electrons. The Morgan fingerprint density at radius 2 is 2.35 bits per heavy atom. The molecule has 1 N–H and O–H groups in total. The lowest BCUT2D eigenvalue weighted by Crippen LogP contribution is -2.40. The molecule has 23 heavy (non-hydrogen) atoms. The van der Waals surface area contributed by atoms with Gasteiger partial charge in [-0.05, 0) is 43.9 Å². The summed E-state index contributed by atoms with van der Waals surface area (Å²) in [7, 11) is 0. The number of amides is 1. The predicted molar refractivity (Wildman–Crippen MR) is 91.5 cm³/mol. The van der Waals surface area contributed by atoms with Gasteiger partial charge in [0.15, 0.2) is 0 Å². The van der Waals surface area contributed by atoms with E-state index < -0.39 is 0 Å². The highest BCUT2D eigenvalue weighted by Gasteiger charge is 2.16. The van der Waals surface area contributed by atoms with Gasteiger partial charge < -0.3 is 14.6 Å². The third-order valence-corrected chi connectivity index (χ3v) is 4.56. The first kappa shape index (κ1) is 16.0. The van der Waals surface area contributed by atoms with E-state index in [9.17, 15) is 4.79 Å². The smallest absolute Gasteiger partial charge is 0.226 e. The zero-order valence-electron chi connectivity index (χ0n) is 14.1. The fourth-order valence-electron chi connectivity index (χ4n) is 3.36. The summed E-state index contributed by atoms with van der Waals surface area (Å²) < 4.78 is 1.98. The molecule has 5 nitrogen and oxygen atoms in total. The number of hydrogen-bond donors (Lipinski definition) is 1. The van der Waals surface area contributed by atoms with Crippen molar-refractivity contribution in [2.75, 3.05) is 26.2 Å². The highest BCUT2D eigenvalue weighted by molar-refractivity contribution is 5.78. The van der Waals surface area contributed by atoms with Crippen molar-refractivity contribution in [3.8, 4) is 0 Å². The first-order chi connectivity index (χ1) is 11.1. The van der Waals surface area contributed by atoms with Crippen LogP contribution in [0.2, 0.25) is 0 Å². The number of nitrogens with zero attached hydrogens (tertiary/aromatic N) is 3. The van der Waals surface area contributed by atoms with Gasteiger partial charge in [-0.3, -0.25) is 4.79 Å². The summed E-state index contributed by atoms with van der Waals surface area (Å²) in [5.41, 5.74) is 2.87.